The second-order valence-corrected chi connectivity index (χ2v) is 18.1. The smallest absolute Gasteiger partial charge is 0.323 e. The van der Waals surface area contributed by atoms with Crippen LogP contribution in [0.5, 0.6) is 23.0 Å². The van der Waals surface area contributed by atoms with E-state index in [2.05, 4.69) is 58.7 Å². The van der Waals surface area contributed by atoms with Crippen LogP contribution in [0.15, 0.2) is 97.6 Å². The molecule has 4 aromatic carbocycles. The van der Waals surface area contributed by atoms with Gasteiger partial charge in [-0.25, -0.2) is 0 Å². The Labute approximate surface area is 416 Å². The first kappa shape index (κ1) is 49.2. The third-order valence-electron chi connectivity index (χ3n) is 12.2. The summed E-state index contributed by atoms with van der Waals surface area (Å²) in [5.41, 5.74) is 9.65. The Morgan fingerprint density at radius 2 is 1.00 bits per heavy atom. The van der Waals surface area contributed by atoms with E-state index in [0.29, 0.717) is 79.3 Å². The number of hydrogen-bond donors (Lipinski definition) is 2. The molecule has 2 aliphatic rings. The molecule has 8 rings (SSSR count). The number of cyclic esters (lactones) is 2. The van der Waals surface area contributed by atoms with Crippen molar-refractivity contribution in [3.63, 3.8) is 0 Å². The lowest BCUT2D eigenvalue weighted by atomic mass is 9.92. The minimum absolute atomic E-state index is 0.134. The molecular formula is C54H50Cl2N6O8. The van der Waals surface area contributed by atoms with E-state index in [4.69, 9.17) is 51.6 Å². The average molecular weight is 982 g/mol. The summed E-state index contributed by atoms with van der Waals surface area (Å²) >= 11 is 13.7. The molecule has 0 amide bonds. The highest BCUT2D eigenvalue weighted by Crippen LogP contribution is 2.38. The molecule has 0 bridgehead atoms. The number of carbonyl (C=O) groups is 2. The number of nitrogens with one attached hydrogen (secondary N) is 2. The Morgan fingerprint density at radius 3 is 1.39 bits per heavy atom. The predicted molar refractivity (Wildman–Crippen MR) is 261 cm³/mol. The van der Waals surface area contributed by atoms with Crippen LogP contribution in [-0.4, -0.2) is 46.2 Å². The molecule has 0 saturated carbocycles. The van der Waals surface area contributed by atoms with Gasteiger partial charge in [-0.2, -0.15) is 10.5 Å². The second kappa shape index (κ2) is 22.5. The number of nitriles is 2. The third-order valence-corrected chi connectivity index (χ3v) is 12.8. The summed E-state index contributed by atoms with van der Waals surface area (Å²) in [5.74, 6) is 1.21. The van der Waals surface area contributed by atoms with Gasteiger partial charge in [0.1, 0.15) is 85.9 Å². The molecular weight excluding hydrogens is 932 g/mol. The number of halogens is 2. The van der Waals surface area contributed by atoms with Crippen molar-refractivity contribution in [3.8, 4) is 46.3 Å². The van der Waals surface area contributed by atoms with Crippen molar-refractivity contribution in [3.05, 3.63) is 163 Å². The molecule has 70 heavy (non-hydrogen) atoms. The standard InChI is InChI=1S/C54H50Cl2N6O8/c1-31-11-47(53(63)69-31)61-25-41-15-45(55)51(17-49(41)65-27-37-13-35(19-57)21-59-23-37)67-29-39-7-5-9-43(33(39)3)44-10-6-8-40(34(44)4)30-68-52-18-50(66-28-38-14-36(20-58)22-60-24-38)42(16-46(52)56)26-62-48-12-32(2)70-54(48)64/h5-10,13-18,21-24,31-32,47-48,61-62H,11-12,25-30H2,1-4H3. The van der Waals surface area contributed by atoms with Crippen molar-refractivity contribution < 1.29 is 38.0 Å². The zero-order valence-corrected chi connectivity index (χ0v) is 40.5. The van der Waals surface area contributed by atoms with Crippen LogP contribution in [-0.2, 0) is 58.6 Å². The van der Waals surface area contributed by atoms with Crippen molar-refractivity contribution in [2.45, 2.75) is 104 Å². The van der Waals surface area contributed by atoms with E-state index in [1.165, 1.54) is 12.4 Å². The highest BCUT2D eigenvalue weighted by Gasteiger charge is 2.33. The van der Waals surface area contributed by atoms with E-state index in [0.717, 1.165) is 33.4 Å². The number of esters is 2. The molecule has 16 heteroatoms. The SMILES string of the molecule is Cc1c(COc2cc(OCc3cncc(C#N)c3)c(CNC3CC(C)OC3=O)cc2Cl)cccc1-c1cccc(COc2cc(OCc3cncc(C#N)c3)c(CNC3CC(C)OC3=O)cc2Cl)c1C. The van der Waals surface area contributed by atoms with E-state index < -0.39 is 12.1 Å². The van der Waals surface area contributed by atoms with Crippen molar-refractivity contribution in [2.24, 2.45) is 0 Å². The Kier molecular flexibility index (Phi) is 15.8. The Bertz CT molecular complexity index is 2810. The largest absolute Gasteiger partial charge is 0.488 e. The zero-order chi connectivity index (χ0) is 49.3. The number of aromatic nitrogens is 2. The van der Waals surface area contributed by atoms with Crippen LogP contribution in [0.4, 0.5) is 0 Å². The van der Waals surface area contributed by atoms with Gasteiger partial charge in [0.05, 0.1) is 21.2 Å². The summed E-state index contributed by atoms with van der Waals surface area (Å²) in [4.78, 5) is 33.1. The zero-order valence-electron chi connectivity index (χ0n) is 39.0. The van der Waals surface area contributed by atoms with E-state index in [1.54, 1.807) is 48.8 Å². The van der Waals surface area contributed by atoms with E-state index >= 15 is 0 Å². The fourth-order valence-electron chi connectivity index (χ4n) is 8.38. The number of nitrogens with zero attached hydrogens (tertiary/aromatic N) is 4. The van der Waals surface area contributed by atoms with Crippen LogP contribution in [0.3, 0.4) is 0 Å². The highest BCUT2D eigenvalue weighted by molar-refractivity contribution is 6.32. The second-order valence-electron chi connectivity index (χ2n) is 17.3. The maximum atomic E-state index is 12.4. The highest BCUT2D eigenvalue weighted by atomic mass is 35.5. The Hall–Kier alpha value is -7.20. The lowest BCUT2D eigenvalue weighted by Crippen LogP contribution is -2.32. The normalized spacial score (nSPS) is 17.3. The van der Waals surface area contributed by atoms with E-state index in [-0.39, 0.29) is 63.7 Å². The quantitative estimate of drug-likeness (QED) is 0.0730. The third kappa shape index (κ3) is 12.0. The van der Waals surface area contributed by atoms with Crippen LogP contribution in [0, 0.1) is 36.5 Å². The number of benzene rings is 4. The minimum atomic E-state index is -0.457. The average Bonchev–Trinajstić information content (AvgIpc) is 3.87. The van der Waals surface area contributed by atoms with Gasteiger partial charge in [0.2, 0.25) is 0 Å². The first-order valence-corrected chi connectivity index (χ1v) is 23.5. The molecule has 0 aliphatic carbocycles. The summed E-state index contributed by atoms with van der Waals surface area (Å²) in [6.45, 7) is 9.08. The van der Waals surface area contributed by atoms with Crippen LogP contribution in [0.2, 0.25) is 10.0 Å². The summed E-state index contributed by atoms with van der Waals surface area (Å²) < 4.78 is 36.1. The molecule has 358 valence electrons. The topological polar surface area (TPSA) is 187 Å². The van der Waals surface area contributed by atoms with Crippen molar-refractivity contribution in [1.82, 2.24) is 20.6 Å². The van der Waals surface area contributed by atoms with Crippen LogP contribution < -0.4 is 29.6 Å². The van der Waals surface area contributed by atoms with Crippen LogP contribution in [0.1, 0.15) is 82.3 Å². The monoisotopic (exact) mass is 980 g/mol. The number of hydrogen-bond acceptors (Lipinski definition) is 14. The van der Waals surface area contributed by atoms with Gasteiger partial charge in [0.15, 0.2) is 0 Å². The molecule has 2 aromatic heterocycles. The van der Waals surface area contributed by atoms with Crippen molar-refractivity contribution in [2.75, 3.05) is 0 Å². The first-order valence-electron chi connectivity index (χ1n) is 22.7. The maximum Gasteiger partial charge on any atom is 0.323 e. The van der Waals surface area contributed by atoms with Gasteiger partial charge in [-0.3, -0.25) is 19.6 Å². The Morgan fingerprint density at radius 1 is 0.586 bits per heavy atom. The van der Waals surface area contributed by atoms with Gasteiger partial charge in [0.25, 0.3) is 0 Å². The Balaban J connectivity index is 0.982. The van der Waals surface area contributed by atoms with E-state index in [1.807, 2.05) is 38.1 Å². The molecule has 2 fully saturated rings. The summed E-state index contributed by atoms with van der Waals surface area (Å²) in [6, 6.07) is 25.9. The predicted octanol–water partition coefficient (Wildman–Crippen LogP) is 9.71. The van der Waals surface area contributed by atoms with Gasteiger partial charge < -0.3 is 39.1 Å². The van der Waals surface area contributed by atoms with E-state index in [9.17, 15) is 20.1 Å². The maximum absolute atomic E-state index is 12.4. The molecule has 4 unspecified atom stereocenters. The molecule has 4 heterocycles. The molecule has 0 spiro atoms. The van der Waals surface area contributed by atoms with Gasteiger partial charge in [-0.05, 0) is 85.3 Å². The molecule has 6 aromatic rings. The molecule has 2 aliphatic heterocycles. The fourth-order valence-corrected chi connectivity index (χ4v) is 8.86. The fraction of sp³-hybridized carbons (Fsp3) is 0.296. The molecule has 4 atom stereocenters. The van der Waals surface area contributed by atoms with Gasteiger partial charge >= 0.3 is 11.9 Å². The van der Waals surface area contributed by atoms with Gasteiger partial charge in [0, 0.05) is 85.1 Å². The molecule has 0 radical (unpaired) electrons. The van der Waals surface area contributed by atoms with Crippen molar-refractivity contribution in [1.29, 1.82) is 10.5 Å². The number of ether oxygens (including phenoxy) is 6. The lowest BCUT2D eigenvalue weighted by molar-refractivity contribution is -0.143. The number of pyridine rings is 2. The van der Waals surface area contributed by atoms with Crippen LogP contribution >= 0.6 is 23.2 Å². The first-order chi connectivity index (χ1) is 33.8. The minimum Gasteiger partial charge on any atom is -0.488 e. The lowest BCUT2D eigenvalue weighted by Gasteiger charge is -2.19. The number of carbonyl (C=O) groups excluding carboxylic acids is 2. The molecule has 2 N–H and O–H groups in total. The van der Waals surface area contributed by atoms with Gasteiger partial charge in [-0.1, -0.05) is 59.6 Å². The summed E-state index contributed by atoms with van der Waals surface area (Å²) in [6.07, 6.45) is 7.01. The summed E-state index contributed by atoms with van der Waals surface area (Å²) in [5, 5.41) is 26.1. The number of rotatable bonds is 19. The molecule has 14 nitrogen and oxygen atoms in total. The van der Waals surface area contributed by atoms with Crippen molar-refractivity contribution >= 4 is 35.1 Å². The molecule has 2 saturated heterocycles. The van der Waals surface area contributed by atoms with Crippen LogP contribution in [0.25, 0.3) is 11.1 Å². The van der Waals surface area contributed by atoms with Gasteiger partial charge in [-0.15, -0.1) is 0 Å². The summed E-state index contributed by atoms with van der Waals surface area (Å²) in [7, 11) is 0.